The Hall–Kier alpha value is -2.64. The largest absolute Gasteiger partial charge is 0.309 e. The number of rotatable bonds is 5. The maximum atomic E-state index is 13.7. The Morgan fingerprint density at radius 3 is 2.86 bits per heavy atom. The second-order valence-electron chi connectivity index (χ2n) is 8.26. The molecule has 1 aliphatic carbocycles. The van der Waals surface area contributed by atoms with E-state index in [2.05, 4.69) is 29.2 Å². The monoisotopic (exact) mass is 392 g/mol. The molecular formula is C22H25FN6. The molecule has 0 bridgehead atoms. The smallest absolute Gasteiger partial charge is 0.159 e. The van der Waals surface area contributed by atoms with Gasteiger partial charge in [0.15, 0.2) is 5.82 Å². The lowest BCUT2D eigenvalue weighted by molar-refractivity contribution is 0.389. The Kier molecular flexibility index (Phi) is 4.26. The van der Waals surface area contributed by atoms with Crippen LogP contribution >= 0.6 is 0 Å². The summed E-state index contributed by atoms with van der Waals surface area (Å²) < 4.78 is 15.4. The van der Waals surface area contributed by atoms with E-state index in [9.17, 15) is 4.39 Å². The first-order valence-corrected chi connectivity index (χ1v) is 10.2. The molecule has 3 N–H and O–H groups in total. The summed E-state index contributed by atoms with van der Waals surface area (Å²) in [4.78, 5) is 9.42. The number of nitrogens with two attached hydrogens (primary N) is 1. The number of hydrogen-bond donors (Lipinski definition) is 2. The maximum Gasteiger partial charge on any atom is 0.159 e. The molecular weight excluding hydrogens is 367 g/mol. The molecule has 2 aliphatic rings. The van der Waals surface area contributed by atoms with E-state index < -0.39 is 0 Å². The molecule has 2 atom stereocenters. The molecule has 0 saturated heterocycles. The van der Waals surface area contributed by atoms with Gasteiger partial charge in [-0.05, 0) is 43.5 Å². The van der Waals surface area contributed by atoms with Gasteiger partial charge in [0.05, 0.1) is 11.7 Å². The van der Waals surface area contributed by atoms with E-state index in [1.54, 1.807) is 23.1 Å². The summed E-state index contributed by atoms with van der Waals surface area (Å²) in [5.74, 6) is 0.561. The lowest BCUT2D eigenvalue weighted by atomic mass is 9.99. The molecule has 5 rings (SSSR count). The third-order valence-corrected chi connectivity index (χ3v) is 6.47. The number of hydrogen-bond acceptors (Lipinski definition) is 5. The number of fused-ring (bicyclic) bond motifs is 2. The van der Waals surface area contributed by atoms with E-state index in [1.165, 1.54) is 25.0 Å². The predicted octanol–water partition coefficient (Wildman–Crippen LogP) is 3.95. The fourth-order valence-electron chi connectivity index (χ4n) is 4.07. The van der Waals surface area contributed by atoms with Crippen LogP contribution in [0, 0.1) is 11.7 Å². The summed E-state index contributed by atoms with van der Waals surface area (Å²) in [6.45, 7) is 5.05. The van der Waals surface area contributed by atoms with Crippen molar-refractivity contribution in [2.24, 2.45) is 16.6 Å². The Bertz CT molecular complexity index is 1110. The van der Waals surface area contributed by atoms with Gasteiger partial charge < -0.3 is 11.1 Å². The summed E-state index contributed by atoms with van der Waals surface area (Å²) in [6, 6.07) is 6.52. The van der Waals surface area contributed by atoms with Crippen LogP contribution in [0.5, 0.6) is 0 Å². The minimum atomic E-state index is -0.277. The molecule has 29 heavy (non-hydrogen) atoms. The molecule has 2 aromatic heterocycles. The summed E-state index contributed by atoms with van der Waals surface area (Å²) in [7, 11) is 0. The van der Waals surface area contributed by atoms with Crippen LogP contribution in [0.25, 0.3) is 22.0 Å². The van der Waals surface area contributed by atoms with Crippen LogP contribution in [-0.2, 0) is 0 Å². The van der Waals surface area contributed by atoms with Gasteiger partial charge in [-0.3, -0.25) is 4.98 Å². The molecule has 1 fully saturated rings. The number of pyridine rings is 1. The summed E-state index contributed by atoms with van der Waals surface area (Å²) >= 11 is 0. The quantitative estimate of drug-likeness (QED) is 0.689. The van der Waals surface area contributed by atoms with Gasteiger partial charge in [0.1, 0.15) is 12.0 Å². The minimum absolute atomic E-state index is 0.0965. The van der Waals surface area contributed by atoms with Crippen LogP contribution in [0.3, 0.4) is 0 Å². The van der Waals surface area contributed by atoms with Crippen LogP contribution in [0.2, 0.25) is 0 Å². The highest BCUT2D eigenvalue weighted by Gasteiger charge is 2.41. The van der Waals surface area contributed by atoms with Crippen molar-refractivity contribution in [3.63, 3.8) is 0 Å². The number of aliphatic imine (C=N–C) groups is 1. The normalized spacial score (nSPS) is 22.4. The maximum absolute atomic E-state index is 13.7. The molecule has 7 heteroatoms. The van der Waals surface area contributed by atoms with Gasteiger partial charge in [0.25, 0.3) is 0 Å². The van der Waals surface area contributed by atoms with Crippen LogP contribution < -0.4 is 11.1 Å². The van der Waals surface area contributed by atoms with E-state index in [-0.39, 0.29) is 23.4 Å². The van der Waals surface area contributed by atoms with Crippen molar-refractivity contribution in [3.05, 3.63) is 42.5 Å². The first-order valence-electron chi connectivity index (χ1n) is 10.2. The number of aromatic nitrogens is 3. The second kappa shape index (κ2) is 6.71. The fourth-order valence-corrected chi connectivity index (χ4v) is 4.07. The highest BCUT2D eigenvalue weighted by molar-refractivity contribution is 5.94. The molecule has 1 saturated carbocycles. The predicted molar refractivity (Wildman–Crippen MR) is 113 cm³/mol. The summed E-state index contributed by atoms with van der Waals surface area (Å²) in [5.41, 5.74) is 10.3. The highest BCUT2D eigenvalue weighted by atomic mass is 19.1. The zero-order valence-corrected chi connectivity index (χ0v) is 16.7. The number of nitrogens with zero attached hydrogens (tertiary/aromatic N) is 4. The molecule has 6 nitrogen and oxygen atoms in total. The summed E-state index contributed by atoms with van der Waals surface area (Å²) in [6.07, 6.45) is 6.86. The van der Waals surface area contributed by atoms with Gasteiger partial charge >= 0.3 is 0 Å². The van der Waals surface area contributed by atoms with Gasteiger partial charge in [-0.2, -0.15) is 5.10 Å². The third kappa shape index (κ3) is 3.14. The van der Waals surface area contributed by atoms with Gasteiger partial charge in [-0.15, -0.1) is 0 Å². The Labute approximate surface area is 169 Å². The second-order valence-corrected chi connectivity index (χ2v) is 8.26. The van der Waals surface area contributed by atoms with E-state index in [1.807, 2.05) is 6.07 Å². The van der Waals surface area contributed by atoms with Crippen molar-refractivity contribution in [2.45, 2.75) is 44.8 Å². The van der Waals surface area contributed by atoms with E-state index in [0.29, 0.717) is 0 Å². The molecule has 0 radical (unpaired) electrons. The van der Waals surface area contributed by atoms with Crippen LogP contribution in [0.1, 0.15) is 39.3 Å². The van der Waals surface area contributed by atoms with Crippen molar-refractivity contribution >= 4 is 22.4 Å². The number of benzene rings is 1. The van der Waals surface area contributed by atoms with E-state index in [0.717, 1.165) is 46.5 Å². The van der Waals surface area contributed by atoms with E-state index in [4.69, 9.17) is 10.7 Å². The van der Waals surface area contributed by atoms with Gasteiger partial charge in [-0.25, -0.2) is 14.1 Å². The molecule has 3 heterocycles. The van der Waals surface area contributed by atoms with Crippen molar-refractivity contribution in [1.82, 2.24) is 20.1 Å². The first kappa shape index (κ1) is 18.4. The van der Waals surface area contributed by atoms with Crippen molar-refractivity contribution in [1.29, 1.82) is 0 Å². The van der Waals surface area contributed by atoms with Crippen LogP contribution in [-0.4, -0.2) is 32.6 Å². The van der Waals surface area contributed by atoms with Crippen LogP contribution in [0.4, 0.5) is 10.2 Å². The summed E-state index contributed by atoms with van der Waals surface area (Å²) in [5, 5.41) is 8.93. The Balaban J connectivity index is 1.53. The molecule has 2 unspecified atom stereocenters. The minimum Gasteiger partial charge on any atom is -0.309 e. The molecule has 1 aliphatic heterocycles. The molecule has 3 aromatic rings. The highest BCUT2D eigenvalue weighted by Crippen LogP contribution is 2.40. The van der Waals surface area contributed by atoms with Gasteiger partial charge in [0, 0.05) is 46.4 Å². The van der Waals surface area contributed by atoms with Crippen molar-refractivity contribution in [2.75, 3.05) is 6.54 Å². The molecule has 0 spiro atoms. The lowest BCUT2D eigenvalue weighted by Gasteiger charge is -2.29. The molecule has 0 amide bonds. The number of halogens is 1. The van der Waals surface area contributed by atoms with Gasteiger partial charge in [-0.1, -0.05) is 13.8 Å². The first-order chi connectivity index (χ1) is 14.0. The SMILES string of the molecule is CCC1(NCC2=Nc3c(-c4cnc5ccc(F)cc5c4)cnn3C(N)C2C)CC1. The fraction of sp³-hybridized carbons (Fsp3) is 0.409. The lowest BCUT2D eigenvalue weighted by Crippen LogP contribution is -2.42. The molecule has 150 valence electrons. The zero-order chi connectivity index (χ0) is 20.2. The van der Waals surface area contributed by atoms with E-state index >= 15 is 0 Å². The topological polar surface area (TPSA) is 81.1 Å². The average Bonchev–Trinajstić information content (AvgIpc) is 3.39. The molecule has 1 aromatic carbocycles. The van der Waals surface area contributed by atoms with Crippen molar-refractivity contribution in [3.8, 4) is 11.1 Å². The van der Waals surface area contributed by atoms with Crippen molar-refractivity contribution < 1.29 is 4.39 Å². The Morgan fingerprint density at radius 2 is 2.10 bits per heavy atom. The Morgan fingerprint density at radius 1 is 1.28 bits per heavy atom. The standard InChI is InChI=1S/C22H25FN6/c1-3-22(6-7-22)26-12-19-13(2)20(24)29-21(28-19)17(11-27-29)15-8-14-9-16(23)4-5-18(14)25-10-15/h4-5,8-11,13,20,26H,3,6-7,12,24H2,1-2H3. The number of nitrogens with one attached hydrogen (secondary N) is 1. The average molecular weight is 392 g/mol. The zero-order valence-electron chi connectivity index (χ0n) is 16.7. The van der Waals surface area contributed by atoms with Crippen LogP contribution in [0.15, 0.2) is 41.7 Å². The van der Waals surface area contributed by atoms with Gasteiger partial charge in [0.2, 0.25) is 0 Å². The third-order valence-electron chi connectivity index (χ3n) is 6.47.